The van der Waals surface area contributed by atoms with Crippen molar-refractivity contribution in [3.63, 3.8) is 0 Å². The fraction of sp³-hybridized carbons (Fsp3) is 0.357. The number of rotatable bonds is 0. The van der Waals surface area contributed by atoms with E-state index in [1.165, 1.54) is 0 Å². The molecule has 3 nitrogen and oxygen atoms in total. The Morgan fingerprint density at radius 3 is 2.89 bits per heavy atom. The van der Waals surface area contributed by atoms with Gasteiger partial charge < -0.3 is 9.88 Å². The van der Waals surface area contributed by atoms with E-state index in [4.69, 9.17) is 11.6 Å². The minimum atomic E-state index is 0.0247. The maximum absolute atomic E-state index is 12.1. The first-order chi connectivity index (χ1) is 8.59. The van der Waals surface area contributed by atoms with Crippen LogP contribution in [-0.4, -0.2) is 17.0 Å². The SMILES string of the molecule is Cc1c2n(c3c(C)cc(Cl)cc13)CCCNC2=O. The Balaban J connectivity index is 2.43. The van der Waals surface area contributed by atoms with E-state index in [0.29, 0.717) is 0 Å². The Hall–Kier alpha value is -1.48. The molecule has 1 aromatic carbocycles. The Morgan fingerprint density at radius 2 is 2.11 bits per heavy atom. The van der Waals surface area contributed by atoms with Crippen molar-refractivity contribution >= 4 is 28.4 Å². The van der Waals surface area contributed by atoms with Gasteiger partial charge in [-0.2, -0.15) is 0 Å². The van der Waals surface area contributed by atoms with E-state index in [0.717, 1.165) is 52.3 Å². The number of amides is 1. The van der Waals surface area contributed by atoms with E-state index < -0.39 is 0 Å². The molecule has 1 aliphatic heterocycles. The Bertz CT molecular complexity index is 658. The molecule has 1 aromatic heterocycles. The second-order valence-corrected chi connectivity index (χ2v) is 5.29. The van der Waals surface area contributed by atoms with Gasteiger partial charge in [0.25, 0.3) is 5.91 Å². The Labute approximate surface area is 111 Å². The number of aromatic nitrogens is 1. The molecular formula is C14H15ClN2O. The lowest BCUT2D eigenvalue weighted by Crippen LogP contribution is -2.23. The summed E-state index contributed by atoms with van der Waals surface area (Å²) in [6, 6.07) is 3.91. The van der Waals surface area contributed by atoms with Crippen molar-refractivity contribution in [3.05, 3.63) is 34.0 Å². The van der Waals surface area contributed by atoms with Gasteiger partial charge in [-0.1, -0.05) is 11.6 Å². The van der Waals surface area contributed by atoms with Crippen LogP contribution >= 0.6 is 11.6 Å². The molecule has 0 radical (unpaired) electrons. The number of carbonyl (C=O) groups excluding carboxylic acids is 1. The highest BCUT2D eigenvalue weighted by molar-refractivity contribution is 6.31. The van der Waals surface area contributed by atoms with Gasteiger partial charge in [0, 0.05) is 23.5 Å². The van der Waals surface area contributed by atoms with Crippen LogP contribution in [-0.2, 0) is 6.54 Å². The summed E-state index contributed by atoms with van der Waals surface area (Å²) >= 11 is 6.12. The summed E-state index contributed by atoms with van der Waals surface area (Å²) in [6.07, 6.45) is 0.962. The molecule has 1 N–H and O–H groups in total. The van der Waals surface area contributed by atoms with Crippen LogP contribution in [0.4, 0.5) is 0 Å². The summed E-state index contributed by atoms with van der Waals surface area (Å²) in [5.74, 6) is 0.0247. The number of hydrogen-bond donors (Lipinski definition) is 1. The van der Waals surface area contributed by atoms with Gasteiger partial charge in [-0.3, -0.25) is 4.79 Å². The van der Waals surface area contributed by atoms with Gasteiger partial charge in [-0.05, 0) is 43.5 Å². The highest BCUT2D eigenvalue weighted by Crippen LogP contribution is 2.31. The summed E-state index contributed by atoms with van der Waals surface area (Å²) in [5.41, 5.74) is 4.08. The van der Waals surface area contributed by atoms with Crippen LogP contribution in [0.1, 0.15) is 28.0 Å². The average molecular weight is 263 g/mol. The van der Waals surface area contributed by atoms with Crippen molar-refractivity contribution in [2.75, 3.05) is 6.54 Å². The smallest absolute Gasteiger partial charge is 0.268 e. The van der Waals surface area contributed by atoms with Crippen molar-refractivity contribution < 1.29 is 4.79 Å². The van der Waals surface area contributed by atoms with Crippen molar-refractivity contribution in [1.82, 2.24) is 9.88 Å². The van der Waals surface area contributed by atoms with Gasteiger partial charge >= 0.3 is 0 Å². The number of halogens is 1. The predicted octanol–water partition coefficient (Wildman–Crippen LogP) is 3.05. The highest BCUT2D eigenvalue weighted by Gasteiger charge is 2.23. The zero-order valence-corrected chi connectivity index (χ0v) is 11.3. The van der Waals surface area contributed by atoms with Crippen LogP contribution < -0.4 is 5.32 Å². The number of benzene rings is 1. The Morgan fingerprint density at radius 1 is 1.33 bits per heavy atom. The number of fused-ring (bicyclic) bond motifs is 3. The monoisotopic (exact) mass is 262 g/mol. The fourth-order valence-corrected chi connectivity index (χ4v) is 3.13. The van der Waals surface area contributed by atoms with Crippen LogP contribution in [0.25, 0.3) is 10.9 Å². The molecule has 0 spiro atoms. The maximum Gasteiger partial charge on any atom is 0.268 e. The molecule has 2 aromatic rings. The van der Waals surface area contributed by atoms with E-state index in [-0.39, 0.29) is 5.91 Å². The van der Waals surface area contributed by atoms with Crippen molar-refractivity contribution in [1.29, 1.82) is 0 Å². The van der Waals surface area contributed by atoms with E-state index in [9.17, 15) is 4.79 Å². The maximum atomic E-state index is 12.1. The minimum absolute atomic E-state index is 0.0247. The molecule has 4 heteroatoms. The zero-order valence-electron chi connectivity index (χ0n) is 10.5. The molecular weight excluding hydrogens is 248 g/mol. The number of nitrogens with zero attached hydrogens (tertiary/aromatic N) is 1. The molecule has 2 heterocycles. The van der Waals surface area contributed by atoms with Crippen molar-refractivity contribution in [2.24, 2.45) is 0 Å². The molecule has 3 rings (SSSR count). The average Bonchev–Trinajstić information content (AvgIpc) is 2.46. The topological polar surface area (TPSA) is 34.0 Å². The molecule has 0 atom stereocenters. The van der Waals surface area contributed by atoms with Gasteiger partial charge in [-0.25, -0.2) is 0 Å². The van der Waals surface area contributed by atoms with Crippen LogP contribution in [0.2, 0.25) is 5.02 Å². The van der Waals surface area contributed by atoms with Gasteiger partial charge in [0.2, 0.25) is 0 Å². The van der Waals surface area contributed by atoms with E-state index in [1.54, 1.807) is 0 Å². The lowest BCUT2D eigenvalue weighted by atomic mass is 10.1. The highest BCUT2D eigenvalue weighted by atomic mass is 35.5. The summed E-state index contributed by atoms with van der Waals surface area (Å²) in [5, 5.41) is 4.76. The second-order valence-electron chi connectivity index (χ2n) is 4.85. The lowest BCUT2D eigenvalue weighted by Gasteiger charge is -2.07. The first kappa shape index (κ1) is 11.6. The third-order valence-corrected chi connectivity index (χ3v) is 3.84. The summed E-state index contributed by atoms with van der Waals surface area (Å²) in [7, 11) is 0. The number of hydrogen-bond acceptors (Lipinski definition) is 1. The molecule has 0 aliphatic carbocycles. The zero-order chi connectivity index (χ0) is 12.9. The second kappa shape index (κ2) is 4.02. The molecule has 0 saturated carbocycles. The van der Waals surface area contributed by atoms with Crippen LogP contribution in [0.3, 0.4) is 0 Å². The summed E-state index contributed by atoms with van der Waals surface area (Å²) < 4.78 is 2.14. The van der Waals surface area contributed by atoms with Crippen molar-refractivity contribution in [2.45, 2.75) is 26.8 Å². The van der Waals surface area contributed by atoms with Gasteiger partial charge in [-0.15, -0.1) is 0 Å². The Kier molecular flexibility index (Phi) is 2.59. The molecule has 18 heavy (non-hydrogen) atoms. The standard InChI is InChI=1S/C14H15ClN2O/c1-8-6-10(15)7-11-9(2)13-14(18)16-4-3-5-17(13)12(8)11/h6-7H,3-5H2,1-2H3,(H,16,18). The van der Waals surface area contributed by atoms with Crippen molar-refractivity contribution in [3.8, 4) is 0 Å². The molecule has 0 saturated heterocycles. The number of nitrogens with one attached hydrogen (secondary N) is 1. The van der Waals surface area contributed by atoms with Crippen LogP contribution in [0.15, 0.2) is 12.1 Å². The van der Waals surface area contributed by atoms with E-state index in [1.807, 2.05) is 26.0 Å². The largest absolute Gasteiger partial charge is 0.351 e. The first-order valence-corrected chi connectivity index (χ1v) is 6.54. The minimum Gasteiger partial charge on any atom is -0.351 e. The molecule has 0 unspecified atom stereocenters. The molecule has 0 fully saturated rings. The van der Waals surface area contributed by atoms with Gasteiger partial charge in [0.05, 0.1) is 5.52 Å². The van der Waals surface area contributed by atoms with Crippen LogP contribution in [0.5, 0.6) is 0 Å². The summed E-state index contributed by atoms with van der Waals surface area (Å²) in [6.45, 7) is 5.66. The third kappa shape index (κ3) is 1.54. The van der Waals surface area contributed by atoms with Crippen LogP contribution in [0, 0.1) is 13.8 Å². The molecule has 94 valence electrons. The molecule has 0 bridgehead atoms. The molecule has 1 amide bonds. The first-order valence-electron chi connectivity index (χ1n) is 6.16. The summed E-state index contributed by atoms with van der Waals surface area (Å²) in [4.78, 5) is 12.1. The van der Waals surface area contributed by atoms with Gasteiger partial charge in [0.15, 0.2) is 0 Å². The normalized spacial score (nSPS) is 15.4. The predicted molar refractivity (Wildman–Crippen MR) is 73.4 cm³/mol. The quantitative estimate of drug-likeness (QED) is 0.778. The fourth-order valence-electron chi connectivity index (χ4n) is 2.86. The lowest BCUT2D eigenvalue weighted by molar-refractivity contribution is 0.0951. The van der Waals surface area contributed by atoms with E-state index >= 15 is 0 Å². The third-order valence-electron chi connectivity index (χ3n) is 3.62. The van der Waals surface area contributed by atoms with Gasteiger partial charge in [0.1, 0.15) is 5.69 Å². The number of aryl methyl sites for hydroxylation is 3. The van der Waals surface area contributed by atoms with E-state index in [2.05, 4.69) is 9.88 Å². The molecule has 1 aliphatic rings. The number of carbonyl (C=O) groups is 1.